The highest BCUT2D eigenvalue weighted by molar-refractivity contribution is 5.99. The summed E-state index contributed by atoms with van der Waals surface area (Å²) in [5.74, 6) is -9.77. The van der Waals surface area contributed by atoms with Crippen LogP contribution in [-0.4, -0.2) is 209 Å². The number of hydrogen-bond donors (Lipinski definition) is 16. The van der Waals surface area contributed by atoms with Gasteiger partial charge in [0.05, 0.1) is 12.2 Å². The zero-order chi connectivity index (χ0) is 73.8. The maximum Gasteiger partial charge on any atom is 0.407 e. The van der Waals surface area contributed by atoms with E-state index in [0.717, 1.165) is 6.92 Å². The molecule has 17 N–H and O–H groups in total. The predicted molar refractivity (Wildman–Crippen MR) is 354 cm³/mol. The van der Waals surface area contributed by atoms with Gasteiger partial charge in [0.25, 0.3) is 0 Å². The first kappa shape index (κ1) is 84.5. The van der Waals surface area contributed by atoms with Gasteiger partial charge in [-0.2, -0.15) is 0 Å². The van der Waals surface area contributed by atoms with Crippen LogP contribution < -0.4 is 74.9 Å². The molecule has 33 nitrogen and oxygen atoms in total. The Morgan fingerprint density at radius 3 is 1.32 bits per heavy atom. The molecular weight excluding hydrogens is 1270 g/mol. The monoisotopic (exact) mass is 1380 g/mol. The Balaban J connectivity index is 3.03. The molecule has 11 atom stereocenters. The summed E-state index contributed by atoms with van der Waals surface area (Å²) < 4.78 is 21.4. The number of alkyl carbamates (subject to hydrolysis) is 4. The van der Waals surface area contributed by atoms with E-state index in [1.165, 1.54) is 0 Å². The fourth-order valence-electron chi connectivity index (χ4n) is 9.08. The van der Waals surface area contributed by atoms with Crippen molar-refractivity contribution in [3.05, 3.63) is 35.9 Å². The Morgan fingerprint density at radius 1 is 0.526 bits per heavy atom. The summed E-state index contributed by atoms with van der Waals surface area (Å²) in [6, 6.07) is -6.59. The summed E-state index contributed by atoms with van der Waals surface area (Å²) in [5, 5.41) is 54.6. The van der Waals surface area contributed by atoms with Crippen molar-refractivity contribution >= 4 is 77.5 Å². The van der Waals surface area contributed by atoms with E-state index in [4.69, 9.17) is 24.7 Å². The number of benzene rings is 1. The molecular formula is C64H108N14O19. The average Bonchev–Trinajstić information content (AvgIpc) is 1.06. The normalized spacial score (nSPS) is 21.3. The summed E-state index contributed by atoms with van der Waals surface area (Å²) in [7, 11) is 0. The van der Waals surface area contributed by atoms with Crippen LogP contribution in [0.15, 0.2) is 30.3 Å². The number of aliphatic hydroxyl groups excluding tert-OH is 2. The molecule has 33 heteroatoms. The Labute approximate surface area is 567 Å². The molecule has 1 fully saturated rings. The van der Waals surface area contributed by atoms with Gasteiger partial charge in [-0.3, -0.25) is 43.2 Å². The van der Waals surface area contributed by atoms with Crippen LogP contribution >= 0.6 is 0 Å². The average molecular weight is 1380 g/mol. The van der Waals surface area contributed by atoms with Gasteiger partial charge in [-0.25, -0.2) is 19.2 Å². The molecule has 0 spiro atoms. The molecule has 13 amide bonds. The number of nitrogens with two attached hydrogens (primary N) is 1. The number of amides is 13. The Bertz CT molecular complexity index is 2820. The molecule has 1 aromatic carbocycles. The lowest BCUT2D eigenvalue weighted by Crippen LogP contribution is -2.61. The smallest absolute Gasteiger partial charge is 0.407 e. The van der Waals surface area contributed by atoms with Crippen molar-refractivity contribution in [3.8, 4) is 0 Å². The Morgan fingerprint density at radius 2 is 0.907 bits per heavy atom. The molecule has 0 radical (unpaired) electrons. The van der Waals surface area contributed by atoms with Gasteiger partial charge in [-0.05, 0) is 146 Å². The lowest BCUT2D eigenvalue weighted by atomic mass is 10.00. The minimum absolute atomic E-state index is 0.0254. The fourth-order valence-corrected chi connectivity index (χ4v) is 9.08. The molecule has 0 aliphatic carbocycles. The van der Waals surface area contributed by atoms with Crippen LogP contribution in [0.2, 0.25) is 0 Å². The summed E-state index contributed by atoms with van der Waals surface area (Å²) >= 11 is 0. The van der Waals surface area contributed by atoms with E-state index >= 15 is 0 Å². The lowest BCUT2D eigenvalue weighted by Gasteiger charge is -2.29. The third-order valence-corrected chi connectivity index (χ3v) is 13.8. The van der Waals surface area contributed by atoms with Crippen LogP contribution in [0.3, 0.4) is 0 Å². The van der Waals surface area contributed by atoms with Crippen molar-refractivity contribution < 1.29 is 91.5 Å². The van der Waals surface area contributed by atoms with Crippen LogP contribution in [0, 0.1) is 5.92 Å². The third kappa shape index (κ3) is 34.8. The molecule has 1 saturated heterocycles. The fraction of sp³-hybridized carbons (Fsp3) is 0.703. The summed E-state index contributed by atoms with van der Waals surface area (Å²) in [5.41, 5.74) is 2.73. The van der Waals surface area contributed by atoms with Gasteiger partial charge in [0.15, 0.2) is 0 Å². The molecule has 1 aliphatic heterocycles. The van der Waals surface area contributed by atoms with E-state index in [-0.39, 0.29) is 64.2 Å². The Hall–Kier alpha value is -8.59. The molecule has 1 aliphatic rings. The second kappa shape index (κ2) is 39.6. The SMILES string of the molecule is CC[C@@H](O)[C@H](N)C(=O)N[C@@H](CCNC(=O)OC(C)(C)C)C(=O)N[C@H]1CCNC(=O)[C@H]([C@@H](C)O)NC(=O)[C@H](CCNC(=O)OC(C)(C)C)NC(=O)[C@H](CCNC(=O)OC(C)(C)C)NC(=O)C(CC(C)C)NC(=O)[C@@H](Cc2ccccc2)NC(=O)[C@H](CCNC(=O)OC(C)(C)C)NC1=O. The summed E-state index contributed by atoms with van der Waals surface area (Å²) in [6.07, 6.45) is -9.15. The van der Waals surface area contributed by atoms with Crippen molar-refractivity contribution in [2.24, 2.45) is 11.7 Å². The van der Waals surface area contributed by atoms with E-state index < -0.39 is 192 Å². The number of aliphatic hydroxyl groups is 2. The van der Waals surface area contributed by atoms with E-state index in [9.17, 15) is 72.5 Å². The molecule has 1 heterocycles. The number of ether oxygens (including phenoxy) is 4. The minimum Gasteiger partial charge on any atom is -0.444 e. The van der Waals surface area contributed by atoms with E-state index in [1.807, 2.05) is 0 Å². The third-order valence-electron chi connectivity index (χ3n) is 13.8. The molecule has 0 saturated carbocycles. The van der Waals surface area contributed by atoms with Crippen LogP contribution in [0.25, 0.3) is 0 Å². The standard InChI is InChI=1S/C64H108N14O19/c1-17-45(80)46(65)55(88)75-41(26-31-69-59(92)96-63(11,12)13)50(83)71-38-23-28-66-56(89)47(36(4)79)78-52(85)42(27-32-70-60(93)97-64(14,15)16)73-49(82)39(24-29-67-57(90)94-61(5,6)7)74-53(86)43(33-35(2)3)76-54(87)44(34-37-21-19-18-20-22-37)77-51(84)40(72-48(38)81)25-30-68-58(91)95-62(8,9)10/h18-22,35-36,38-47,79-80H,17,23-34,65H2,1-16H3,(H,66,89)(H,67,90)(H,68,91)(H,69,92)(H,70,93)(H,71,83)(H,72,81)(H,73,82)(H,74,86)(H,75,88)(H,76,87)(H,77,84)(H,78,85)/t36-,38+,39+,40+,41+,42+,43?,44-,45-,46+,47+/m1/s1. The second-order valence-electron chi connectivity index (χ2n) is 27.9. The molecule has 1 unspecified atom stereocenters. The first-order chi connectivity index (χ1) is 44.9. The Kier molecular flexibility index (Phi) is 34.5. The van der Waals surface area contributed by atoms with E-state index in [2.05, 4.69) is 69.1 Å². The molecule has 2 rings (SSSR count). The van der Waals surface area contributed by atoms with Crippen molar-refractivity contribution in [2.45, 2.75) is 251 Å². The van der Waals surface area contributed by atoms with Gasteiger partial charge in [-0.15, -0.1) is 0 Å². The van der Waals surface area contributed by atoms with Crippen molar-refractivity contribution in [3.63, 3.8) is 0 Å². The number of carbonyl (C=O) groups is 13. The zero-order valence-corrected chi connectivity index (χ0v) is 58.9. The second-order valence-corrected chi connectivity index (χ2v) is 27.9. The van der Waals surface area contributed by atoms with Crippen LogP contribution in [0.5, 0.6) is 0 Å². The van der Waals surface area contributed by atoms with Gasteiger partial charge < -0.3 is 104 Å². The summed E-state index contributed by atoms with van der Waals surface area (Å²) in [4.78, 5) is 183. The van der Waals surface area contributed by atoms with Crippen molar-refractivity contribution in [2.75, 3.05) is 32.7 Å². The molecule has 548 valence electrons. The number of rotatable bonds is 23. The first-order valence-corrected chi connectivity index (χ1v) is 32.6. The lowest BCUT2D eigenvalue weighted by molar-refractivity contribution is -0.136. The highest BCUT2D eigenvalue weighted by Crippen LogP contribution is 2.14. The van der Waals surface area contributed by atoms with Gasteiger partial charge in [0, 0.05) is 39.1 Å². The van der Waals surface area contributed by atoms with Crippen LogP contribution in [0.1, 0.15) is 161 Å². The maximum absolute atomic E-state index is 15.0. The minimum atomic E-state index is -1.85. The quantitative estimate of drug-likeness (QED) is 0.0632. The zero-order valence-electron chi connectivity index (χ0n) is 58.9. The first-order valence-electron chi connectivity index (χ1n) is 32.6. The molecule has 1 aromatic rings. The van der Waals surface area contributed by atoms with Gasteiger partial charge in [0.1, 0.15) is 76.8 Å². The maximum atomic E-state index is 15.0. The number of nitrogens with one attached hydrogen (secondary N) is 13. The number of carbonyl (C=O) groups excluding carboxylic acids is 13. The van der Waals surface area contributed by atoms with Gasteiger partial charge >= 0.3 is 24.4 Å². The molecule has 0 bridgehead atoms. The molecule has 97 heavy (non-hydrogen) atoms. The van der Waals surface area contributed by atoms with Gasteiger partial charge in [-0.1, -0.05) is 51.1 Å². The van der Waals surface area contributed by atoms with Crippen molar-refractivity contribution in [1.82, 2.24) is 69.1 Å². The van der Waals surface area contributed by atoms with Gasteiger partial charge in [0.2, 0.25) is 53.2 Å². The van der Waals surface area contributed by atoms with E-state index in [0.29, 0.717) is 5.56 Å². The highest BCUT2D eigenvalue weighted by Gasteiger charge is 2.38. The van der Waals surface area contributed by atoms with Crippen LogP contribution in [-0.2, 0) is 68.5 Å². The topological polar surface area (TPSA) is 482 Å². The molecule has 0 aromatic heterocycles. The predicted octanol–water partition coefficient (Wildman–Crippen LogP) is -0.188. The highest BCUT2D eigenvalue weighted by atomic mass is 16.6. The van der Waals surface area contributed by atoms with Crippen molar-refractivity contribution in [1.29, 1.82) is 0 Å². The van der Waals surface area contributed by atoms with E-state index in [1.54, 1.807) is 134 Å². The summed E-state index contributed by atoms with van der Waals surface area (Å²) in [6.45, 7) is 23.5. The number of hydrogen-bond acceptors (Lipinski definition) is 20. The van der Waals surface area contributed by atoms with Crippen LogP contribution in [0.4, 0.5) is 19.2 Å². The largest absolute Gasteiger partial charge is 0.444 e.